The molecule has 140 valence electrons. The molecule has 1 aromatic carbocycles. The van der Waals surface area contributed by atoms with Gasteiger partial charge in [-0.05, 0) is 37.5 Å². The van der Waals surface area contributed by atoms with E-state index in [0.29, 0.717) is 12.8 Å². The standard InChI is InChI=1S/C14H16ClF2NO5S2/c15-12-7-11(3-4-13(12)23-14(16)17)25(21,22)18(9-1-2-9)10-5-6-24(19,20)8-10/h3-4,7,9-10,14H,1-2,5-6,8H2/t10-/m0/s1. The summed E-state index contributed by atoms with van der Waals surface area (Å²) in [6, 6.07) is 2.40. The molecule has 0 aromatic heterocycles. The van der Waals surface area contributed by atoms with Crippen LogP contribution in [0.3, 0.4) is 0 Å². The molecule has 6 nitrogen and oxygen atoms in total. The largest absolute Gasteiger partial charge is 0.433 e. The van der Waals surface area contributed by atoms with Gasteiger partial charge < -0.3 is 4.74 Å². The van der Waals surface area contributed by atoms with Gasteiger partial charge in [-0.1, -0.05) is 11.6 Å². The fourth-order valence-electron chi connectivity index (χ4n) is 2.95. The smallest absolute Gasteiger partial charge is 0.387 e. The molecule has 1 atom stereocenters. The Morgan fingerprint density at radius 2 is 1.88 bits per heavy atom. The summed E-state index contributed by atoms with van der Waals surface area (Å²) in [4.78, 5) is -0.171. The lowest BCUT2D eigenvalue weighted by molar-refractivity contribution is -0.0498. The lowest BCUT2D eigenvalue weighted by Crippen LogP contribution is -2.42. The van der Waals surface area contributed by atoms with Crippen LogP contribution in [0, 0.1) is 0 Å². The third kappa shape index (κ3) is 4.07. The van der Waals surface area contributed by atoms with Crippen LogP contribution in [-0.2, 0) is 19.9 Å². The average molecular weight is 416 g/mol. The van der Waals surface area contributed by atoms with Gasteiger partial charge in [-0.2, -0.15) is 13.1 Å². The van der Waals surface area contributed by atoms with E-state index in [1.165, 1.54) is 4.31 Å². The monoisotopic (exact) mass is 415 g/mol. The van der Waals surface area contributed by atoms with Crippen LogP contribution in [0.2, 0.25) is 5.02 Å². The lowest BCUT2D eigenvalue weighted by atomic mass is 10.2. The minimum absolute atomic E-state index is 0.0433. The summed E-state index contributed by atoms with van der Waals surface area (Å²) in [6.45, 7) is -3.08. The summed E-state index contributed by atoms with van der Waals surface area (Å²) in [5.41, 5.74) is 0. The molecule has 0 unspecified atom stereocenters. The van der Waals surface area contributed by atoms with E-state index >= 15 is 0 Å². The van der Waals surface area contributed by atoms with E-state index in [2.05, 4.69) is 4.74 Å². The number of rotatable bonds is 6. The van der Waals surface area contributed by atoms with Crippen LogP contribution < -0.4 is 4.74 Å². The van der Waals surface area contributed by atoms with Crippen molar-refractivity contribution >= 4 is 31.5 Å². The van der Waals surface area contributed by atoms with Crippen molar-refractivity contribution in [2.24, 2.45) is 0 Å². The number of sulfone groups is 1. The molecule has 3 rings (SSSR count). The normalized spacial score (nSPS) is 23.3. The Morgan fingerprint density at radius 1 is 1.20 bits per heavy atom. The van der Waals surface area contributed by atoms with E-state index in [9.17, 15) is 25.6 Å². The fraction of sp³-hybridized carbons (Fsp3) is 0.571. The third-order valence-corrected chi connectivity index (χ3v) is 8.22. The molecule has 1 saturated carbocycles. The molecule has 1 aliphatic heterocycles. The lowest BCUT2D eigenvalue weighted by Gasteiger charge is -2.27. The van der Waals surface area contributed by atoms with E-state index in [4.69, 9.17) is 11.6 Å². The van der Waals surface area contributed by atoms with Crippen molar-refractivity contribution in [2.45, 2.75) is 42.9 Å². The van der Waals surface area contributed by atoms with Gasteiger partial charge in [-0.3, -0.25) is 0 Å². The molecular weight excluding hydrogens is 400 g/mol. The van der Waals surface area contributed by atoms with Crippen LogP contribution in [0.1, 0.15) is 19.3 Å². The van der Waals surface area contributed by atoms with Crippen LogP contribution in [0.25, 0.3) is 0 Å². The molecule has 1 aromatic rings. The molecule has 1 saturated heterocycles. The zero-order valence-corrected chi connectivity index (χ0v) is 15.3. The maximum Gasteiger partial charge on any atom is 0.387 e. The van der Waals surface area contributed by atoms with Crippen molar-refractivity contribution < 1.29 is 30.4 Å². The number of halogens is 3. The zero-order chi connectivity index (χ0) is 18.4. The van der Waals surface area contributed by atoms with Gasteiger partial charge in [0, 0.05) is 12.1 Å². The van der Waals surface area contributed by atoms with Crippen molar-refractivity contribution in [1.82, 2.24) is 4.31 Å². The van der Waals surface area contributed by atoms with Crippen LogP contribution in [0.15, 0.2) is 23.1 Å². The van der Waals surface area contributed by atoms with Crippen LogP contribution >= 0.6 is 11.6 Å². The summed E-state index contributed by atoms with van der Waals surface area (Å²) in [6.07, 6.45) is 1.57. The second-order valence-corrected chi connectivity index (χ2v) is 10.6. The SMILES string of the molecule is O=S1(=O)CC[C@H](N(C2CC2)S(=O)(=O)c2ccc(OC(F)F)c(Cl)c2)C1. The van der Waals surface area contributed by atoms with Crippen molar-refractivity contribution in [2.75, 3.05) is 11.5 Å². The van der Waals surface area contributed by atoms with Gasteiger partial charge in [0.25, 0.3) is 0 Å². The Labute approximate surface area is 149 Å². The van der Waals surface area contributed by atoms with Crippen molar-refractivity contribution in [3.05, 3.63) is 23.2 Å². The molecule has 0 N–H and O–H groups in total. The summed E-state index contributed by atoms with van der Waals surface area (Å²) >= 11 is 5.85. The number of hydrogen-bond acceptors (Lipinski definition) is 5. The first kappa shape index (κ1) is 18.8. The highest BCUT2D eigenvalue weighted by Gasteiger charge is 2.46. The second kappa shape index (κ2) is 6.64. The van der Waals surface area contributed by atoms with Gasteiger partial charge in [-0.25, -0.2) is 16.8 Å². The molecule has 0 amide bonds. The summed E-state index contributed by atoms with van der Waals surface area (Å²) < 4.78 is 79.4. The van der Waals surface area contributed by atoms with Crippen molar-refractivity contribution in [1.29, 1.82) is 0 Å². The molecule has 1 heterocycles. The predicted molar refractivity (Wildman–Crippen MR) is 87.2 cm³/mol. The highest BCUT2D eigenvalue weighted by molar-refractivity contribution is 7.92. The highest BCUT2D eigenvalue weighted by Crippen LogP contribution is 2.38. The van der Waals surface area contributed by atoms with Gasteiger partial charge in [-0.15, -0.1) is 0 Å². The number of benzene rings is 1. The number of alkyl halides is 2. The van der Waals surface area contributed by atoms with E-state index < -0.39 is 32.5 Å². The molecule has 0 spiro atoms. The van der Waals surface area contributed by atoms with E-state index in [1.54, 1.807) is 0 Å². The van der Waals surface area contributed by atoms with Gasteiger partial charge >= 0.3 is 6.61 Å². The van der Waals surface area contributed by atoms with Crippen molar-refractivity contribution in [3.8, 4) is 5.75 Å². The van der Waals surface area contributed by atoms with E-state index in [-0.39, 0.29) is 39.6 Å². The Morgan fingerprint density at radius 3 is 2.36 bits per heavy atom. The first-order valence-corrected chi connectivity index (χ1v) is 11.2. The third-order valence-electron chi connectivity index (χ3n) is 4.17. The second-order valence-electron chi connectivity index (χ2n) is 6.09. The first-order chi connectivity index (χ1) is 11.6. The van der Waals surface area contributed by atoms with Gasteiger partial charge in [0.1, 0.15) is 5.75 Å². The maximum absolute atomic E-state index is 13.0. The average Bonchev–Trinajstić information content (AvgIpc) is 3.24. The summed E-state index contributed by atoms with van der Waals surface area (Å²) in [7, 11) is -7.25. The first-order valence-electron chi connectivity index (χ1n) is 7.58. The van der Waals surface area contributed by atoms with E-state index in [1.807, 2.05) is 0 Å². The van der Waals surface area contributed by atoms with Crippen LogP contribution in [-0.4, -0.2) is 51.3 Å². The number of sulfonamides is 1. The van der Waals surface area contributed by atoms with Crippen LogP contribution in [0.5, 0.6) is 5.75 Å². The Kier molecular flexibility index (Phi) is 5.00. The molecule has 2 fully saturated rings. The minimum Gasteiger partial charge on any atom is -0.433 e. The van der Waals surface area contributed by atoms with Gasteiger partial charge in [0.15, 0.2) is 9.84 Å². The highest BCUT2D eigenvalue weighted by atomic mass is 35.5. The maximum atomic E-state index is 13.0. The van der Waals surface area contributed by atoms with Crippen LogP contribution in [0.4, 0.5) is 8.78 Å². The molecule has 0 bridgehead atoms. The molecule has 11 heteroatoms. The Bertz CT molecular complexity index is 871. The molecule has 1 aliphatic carbocycles. The molecule has 0 radical (unpaired) electrons. The molecule has 25 heavy (non-hydrogen) atoms. The Balaban J connectivity index is 1.92. The number of nitrogens with zero attached hydrogens (tertiary/aromatic N) is 1. The van der Waals surface area contributed by atoms with Crippen molar-refractivity contribution in [3.63, 3.8) is 0 Å². The van der Waals surface area contributed by atoms with E-state index in [0.717, 1.165) is 18.2 Å². The quantitative estimate of drug-likeness (QED) is 0.712. The summed E-state index contributed by atoms with van der Waals surface area (Å²) in [5, 5.41) is -0.254. The fourth-order valence-corrected chi connectivity index (χ4v) is 6.97. The molecule has 2 aliphatic rings. The minimum atomic E-state index is -4.00. The summed E-state index contributed by atoms with van der Waals surface area (Å²) in [5.74, 6) is -0.571. The Hall–Kier alpha value is -0.970. The number of hydrogen-bond donors (Lipinski definition) is 0. The van der Waals surface area contributed by atoms with Gasteiger partial charge in [0.2, 0.25) is 10.0 Å². The zero-order valence-electron chi connectivity index (χ0n) is 12.9. The topological polar surface area (TPSA) is 80.8 Å². The molecular formula is C14H16ClF2NO5S2. The predicted octanol–water partition coefficient (Wildman–Crippen LogP) is 2.28. The number of ether oxygens (including phenoxy) is 1. The van der Waals surface area contributed by atoms with Gasteiger partial charge in [0.05, 0.1) is 21.4 Å².